The molecule has 2 rings (SSSR count). The van der Waals surface area contributed by atoms with Crippen LogP contribution >= 0.6 is 0 Å². The highest BCUT2D eigenvalue weighted by Crippen LogP contribution is 2.16. The zero-order valence-corrected chi connectivity index (χ0v) is 12.1. The molecular weight excluding hydrogens is 288 g/mol. The molecule has 3 N–H and O–H groups in total. The quantitative estimate of drug-likeness (QED) is 0.790. The van der Waals surface area contributed by atoms with Gasteiger partial charge in [0, 0.05) is 13.0 Å². The van der Waals surface area contributed by atoms with Crippen LogP contribution in [0, 0.1) is 0 Å². The van der Waals surface area contributed by atoms with Crippen molar-refractivity contribution < 1.29 is 24.5 Å². The third-order valence-corrected chi connectivity index (χ3v) is 3.55. The molecule has 0 radical (unpaired) electrons. The Labute approximate surface area is 128 Å². The first-order valence-corrected chi connectivity index (χ1v) is 7.21. The van der Waals surface area contributed by atoms with Gasteiger partial charge in [0.1, 0.15) is 12.8 Å². The van der Waals surface area contributed by atoms with Gasteiger partial charge in [0.15, 0.2) is 0 Å². The van der Waals surface area contributed by atoms with Gasteiger partial charge in [0.25, 0.3) is 0 Å². The fourth-order valence-electron chi connectivity index (χ4n) is 2.42. The molecule has 7 heteroatoms. The molecule has 1 aliphatic heterocycles. The molecule has 0 aliphatic carbocycles. The fraction of sp³-hybridized carbons (Fsp3) is 0.467. The topological polar surface area (TPSA) is 99.1 Å². The summed E-state index contributed by atoms with van der Waals surface area (Å²) in [6.45, 7) is 0.380. The van der Waals surface area contributed by atoms with Crippen LogP contribution in [0.3, 0.4) is 0 Å². The van der Waals surface area contributed by atoms with Gasteiger partial charge >= 0.3 is 12.2 Å². The Hall–Kier alpha value is -2.28. The maximum atomic E-state index is 11.8. The summed E-state index contributed by atoms with van der Waals surface area (Å²) in [5, 5.41) is 21.5. The lowest BCUT2D eigenvalue weighted by molar-refractivity contribution is 0.0835. The van der Waals surface area contributed by atoms with Crippen molar-refractivity contribution in [3.63, 3.8) is 0 Å². The summed E-state index contributed by atoms with van der Waals surface area (Å²) in [4.78, 5) is 24.2. The zero-order valence-electron chi connectivity index (χ0n) is 12.1. The van der Waals surface area contributed by atoms with Gasteiger partial charge in [0.05, 0.1) is 6.10 Å². The number of alkyl carbamates (subject to hydrolysis) is 1. The lowest BCUT2D eigenvalue weighted by Gasteiger charge is -2.28. The highest BCUT2D eigenvalue weighted by atomic mass is 16.5. The van der Waals surface area contributed by atoms with Crippen molar-refractivity contribution in [2.45, 2.75) is 38.1 Å². The summed E-state index contributed by atoms with van der Waals surface area (Å²) >= 11 is 0. The molecule has 2 unspecified atom stereocenters. The number of aliphatic hydroxyl groups excluding tert-OH is 1. The number of carboxylic acid groups (broad SMARTS) is 1. The number of rotatable bonds is 3. The van der Waals surface area contributed by atoms with E-state index in [1.54, 1.807) is 0 Å². The molecule has 1 saturated heterocycles. The lowest BCUT2D eigenvalue weighted by Crippen LogP contribution is -2.51. The Morgan fingerprint density at radius 3 is 2.73 bits per heavy atom. The number of carbonyl (C=O) groups excluding carboxylic acids is 1. The second-order valence-corrected chi connectivity index (χ2v) is 5.23. The van der Waals surface area contributed by atoms with Crippen LogP contribution in [0.4, 0.5) is 9.59 Å². The van der Waals surface area contributed by atoms with Gasteiger partial charge in [-0.2, -0.15) is 0 Å². The van der Waals surface area contributed by atoms with Gasteiger partial charge in [-0.25, -0.2) is 9.59 Å². The molecule has 7 nitrogen and oxygen atoms in total. The molecule has 0 saturated carbocycles. The minimum Gasteiger partial charge on any atom is -0.465 e. The number of benzene rings is 1. The summed E-state index contributed by atoms with van der Waals surface area (Å²) in [5.41, 5.74) is 0.841. The second-order valence-electron chi connectivity index (χ2n) is 5.23. The number of carbonyl (C=O) groups is 2. The van der Waals surface area contributed by atoms with Gasteiger partial charge in [-0.3, -0.25) is 4.90 Å². The van der Waals surface area contributed by atoms with Crippen molar-refractivity contribution in [3.05, 3.63) is 35.9 Å². The monoisotopic (exact) mass is 308 g/mol. The summed E-state index contributed by atoms with van der Waals surface area (Å²) in [7, 11) is 0. The fourth-order valence-corrected chi connectivity index (χ4v) is 2.42. The summed E-state index contributed by atoms with van der Waals surface area (Å²) in [6, 6.07) is 9.19. The first-order valence-electron chi connectivity index (χ1n) is 7.21. The molecule has 2 amide bonds. The van der Waals surface area contributed by atoms with E-state index in [4.69, 9.17) is 4.74 Å². The van der Waals surface area contributed by atoms with Crippen LogP contribution in [0.1, 0.15) is 24.8 Å². The van der Waals surface area contributed by atoms with Gasteiger partial charge in [-0.15, -0.1) is 0 Å². The molecule has 0 bridgehead atoms. The Kier molecular flexibility index (Phi) is 5.60. The first kappa shape index (κ1) is 16.1. The lowest BCUT2D eigenvalue weighted by atomic mass is 10.1. The molecule has 2 atom stereocenters. The van der Waals surface area contributed by atoms with Gasteiger partial charge < -0.3 is 20.3 Å². The van der Waals surface area contributed by atoms with Crippen LogP contribution in [-0.2, 0) is 11.3 Å². The van der Waals surface area contributed by atoms with E-state index in [-0.39, 0.29) is 19.6 Å². The van der Waals surface area contributed by atoms with Crippen molar-refractivity contribution in [3.8, 4) is 0 Å². The average Bonchev–Trinajstić information content (AvgIpc) is 2.67. The third-order valence-electron chi connectivity index (χ3n) is 3.55. The molecule has 22 heavy (non-hydrogen) atoms. The molecule has 0 aromatic heterocycles. The van der Waals surface area contributed by atoms with Crippen molar-refractivity contribution >= 4 is 12.2 Å². The van der Waals surface area contributed by atoms with E-state index in [9.17, 15) is 19.8 Å². The molecule has 120 valence electrons. The largest absolute Gasteiger partial charge is 0.465 e. The van der Waals surface area contributed by atoms with Crippen LogP contribution in [0.5, 0.6) is 0 Å². The molecule has 1 aromatic carbocycles. The van der Waals surface area contributed by atoms with E-state index >= 15 is 0 Å². The number of hydrogen-bond donors (Lipinski definition) is 3. The predicted octanol–water partition coefficient (Wildman–Crippen LogP) is 1.76. The summed E-state index contributed by atoms with van der Waals surface area (Å²) in [6.07, 6.45) is -2.00. The highest BCUT2D eigenvalue weighted by molar-refractivity contribution is 5.70. The van der Waals surface area contributed by atoms with Crippen LogP contribution < -0.4 is 5.32 Å². The van der Waals surface area contributed by atoms with E-state index in [1.807, 2.05) is 30.3 Å². The SMILES string of the molecule is O=C(NC1CC(O)CCCN1C(=O)O)OCc1ccccc1. The number of likely N-dealkylation sites (tertiary alicyclic amines) is 1. The maximum Gasteiger partial charge on any atom is 0.409 e. The smallest absolute Gasteiger partial charge is 0.409 e. The second kappa shape index (κ2) is 7.65. The van der Waals surface area contributed by atoms with Crippen LogP contribution in [0.15, 0.2) is 30.3 Å². The molecule has 0 spiro atoms. The molecule has 1 aliphatic rings. The van der Waals surface area contributed by atoms with E-state index in [0.29, 0.717) is 12.8 Å². The number of hydrogen-bond acceptors (Lipinski definition) is 4. The van der Waals surface area contributed by atoms with E-state index in [2.05, 4.69) is 5.32 Å². The van der Waals surface area contributed by atoms with Gasteiger partial charge in [-0.05, 0) is 18.4 Å². The number of nitrogens with one attached hydrogen (secondary N) is 1. The van der Waals surface area contributed by atoms with Gasteiger partial charge in [0.2, 0.25) is 0 Å². The minimum absolute atomic E-state index is 0.106. The van der Waals surface area contributed by atoms with Crippen molar-refractivity contribution in [2.24, 2.45) is 0 Å². The number of aliphatic hydroxyl groups is 1. The van der Waals surface area contributed by atoms with Gasteiger partial charge in [-0.1, -0.05) is 30.3 Å². The van der Waals surface area contributed by atoms with Crippen LogP contribution in [0.25, 0.3) is 0 Å². The standard InChI is InChI=1S/C15H20N2O5/c18-12-7-4-8-17(15(20)21)13(9-12)16-14(19)22-10-11-5-2-1-3-6-11/h1-3,5-6,12-13,18H,4,7-10H2,(H,16,19)(H,20,21). The Balaban J connectivity index is 1.90. The Bertz CT molecular complexity index is 508. The van der Waals surface area contributed by atoms with Crippen molar-refractivity contribution in [2.75, 3.05) is 6.54 Å². The normalized spacial score (nSPS) is 21.8. The molecule has 1 heterocycles. The predicted molar refractivity (Wildman–Crippen MR) is 78.1 cm³/mol. The van der Waals surface area contributed by atoms with Crippen molar-refractivity contribution in [1.29, 1.82) is 0 Å². The highest BCUT2D eigenvalue weighted by Gasteiger charge is 2.30. The van der Waals surface area contributed by atoms with E-state index in [1.165, 1.54) is 0 Å². The number of nitrogens with zero attached hydrogens (tertiary/aromatic N) is 1. The van der Waals surface area contributed by atoms with E-state index in [0.717, 1.165) is 10.5 Å². The van der Waals surface area contributed by atoms with E-state index < -0.39 is 24.5 Å². The average molecular weight is 308 g/mol. The number of ether oxygens (including phenoxy) is 1. The zero-order chi connectivity index (χ0) is 15.9. The summed E-state index contributed by atoms with van der Waals surface area (Å²) in [5.74, 6) is 0. The van der Waals surface area contributed by atoms with Crippen LogP contribution in [0.2, 0.25) is 0 Å². The third kappa shape index (κ3) is 4.63. The summed E-state index contributed by atoms with van der Waals surface area (Å²) < 4.78 is 5.08. The molecular formula is C15H20N2O5. The maximum absolute atomic E-state index is 11.8. The van der Waals surface area contributed by atoms with Crippen molar-refractivity contribution in [1.82, 2.24) is 10.2 Å². The first-order chi connectivity index (χ1) is 10.6. The Morgan fingerprint density at radius 1 is 1.32 bits per heavy atom. The molecule has 1 fully saturated rings. The Morgan fingerprint density at radius 2 is 2.05 bits per heavy atom. The minimum atomic E-state index is -1.12. The number of amides is 2. The van der Waals surface area contributed by atoms with Crippen LogP contribution in [-0.4, -0.2) is 46.1 Å². The molecule has 1 aromatic rings.